The molecular weight excluding hydrogens is 548 g/mol. The molecule has 3 aromatic carbocycles. The molecule has 3 aromatic rings. The lowest BCUT2D eigenvalue weighted by molar-refractivity contribution is -0.138. The molecule has 3 rings (SSSR count). The maximum absolute atomic E-state index is 12.8. The SMILES string of the molecule is CCCCCCCCCCCCCCOc1ccc2cc(C(=O)Oc3ccc(/C=C/C(=O)OC[C@@H](C)CC)cc3)ccc2c1. The Hall–Kier alpha value is -3.60. The average molecular weight is 601 g/mol. The van der Waals surface area contributed by atoms with Crippen LogP contribution in [0.3, 0.4) is 0 Å². The third-order valence-electron chi connectivity index (χ3n) is 8.02. The van der Waals surface area contributed by atoms with E-state index < -0.39 is 5.97 Å². The molecule has 0 fully saturated rings. The van der Waals surface area contributed by atoms with Crippen molar-refractivity contribution in [3.05, 3.63) is 77.9 Å². The van der Waals surface area contributed by atoms with Crippen molar-refractivity contribution in [2.45, 2.75) is 104 Å². The molecule has 0 bridgehead atoms. The molecule has 0 saturated heterocycles. The number of hydrogen-bond donors (Lipinski definition) is 0. The number of carbonyl (C=O) groups is 2. The summed E-state index contributed by atoms with van der Waals surface area (Å²) in [6, 6.07) is 18.5. The summed E-state index contributed by atoms with van der Waals surface area (Å²) < 4.78 is 16.8. The van der Waals surface area contributed by atoms with Gasteiger partial charge in [0.2, 0.25) is 0 Å². The fourth-order valence-electron chi connectivity index (χ4n) is 4.94. The summed E-state index contributed by atoms with van der Waals surface area (Å²) >= 11 is 0. The summed E-state index contributed by atoms with van der Waals surface area (Å²) in [5.74, 6) is 0.850. The van der Waals surface area contributed by atoms with Crippen molar-refractivity contribution in [1.29, 1.82) is 0 Å². The number of rotatable bonds is 21. The number of esters is 2. The van der Waals surface area contributed by atoms with Crippen LogP contribution in [0, 0.1) is 5.92 Å². The molecule has 0 aliphatic carbocycles. The summed E-state index contributed by atoms with van der Waals surface area (Å²) in [7, 11) is 0. The first-order valence-corrected chi connectivity index (χ1v) is 16.8. The Labute approximate surface area is 265 Å². The van der Waals surface area contributed by atoms with Gasteiger partial charge in [0.05, 0.1) is 18.8 Å². The van der Waals surface area contributed by atoms with Crippen LogP contribution in [-0.2, 0) is 9.53 Å². The molecule has 1 atom stereocenters. The van der Waals surface area contributed by atoms with Gasteiger partial charge < -0.3 is 14.2 Å². The van der Waals surface area contributed by atoms with Crippen LogP contribution in [0.15, 0.2) is 66.7 Å². The molecule has 0 aliphatic rings. The predicted octanol–water partition coefficient (Wildman–Crippen LogP) is 10.7. The van der Waals surface area contributed by atoms with Crippen molar-refractivity contribution in [2.24, 2.45) is 5.92 Å². The maximum atomic E-state index is 12.8. The van der Waals surface area contributed by atoms with Crippen LogP contribution in [-0.4, -0.2) is 25.2 Å². The molecular formula is C39H52O5. The molecule has 5 nitrogen and oxygen atoms in total. The third-order valence-corrected chi connectivity index (χ3v) is 8.02. The standard InChI is InChI=1S/C39H52O5/c1-4-6-7-8-9-10-11-12-13-14-15-16-27-42-37-25-22-33-28-35(21-20-34(33)29-37)39(41)44-36-23-17-32(18-24-36)19-26-38(40)43-30-31(3)5-2/h17-26,28-29,31H,4-16,27,30H2,1-3H3/b26-19+/t31-/m0/s1. The van der Waals surface area contributed by atoms with Gasteiger partial charge in [-0.05, 0) is 71.1 Å². The lowest BCUT2D eigenvalue weighted by Gasteiger charge is -2.09. The summed E-state index contributed by atoms with van der Waals surface area (Å²) in [4.78, 5) is 24.7. The summed E-state index contributed by atoms with van der Waals surface area (Å²) in [5, 5.41) is 1.98. The first kappa shape index (κ1) is 34.9. The number of ether oxygens (including phenoxy) is 3. The molecule has 0 spiro atoms. The van der Waals surface area contributed by atoms with Gasteiger partial charge in [-0.1, -0.05) is 122 Å². The van der Waals surface area contributed by atoms with Crippen LogP contribution in [0.2, 0.25) is 0 Å². The fourth-order valence-corrected chi connectivity index (χ4v) is 4.94. The molecule has 0 saturated carbocycles. The summed E-state index contributed by atoms with van der Waals surface area (Å²) in [6.45, 7) is 7.52. The highest BCUT2D eigenvalue weighted by atomic mass is 16.5. The minimum absolute atomic E-state index is 0.342. The van der Waals surface area contributed by atoms with E-state index in [0.29, 0.717) is 23.8 Å². The second-order valence-electron chi connectivity index (χ2n) is 11.9. The van der Waals surface area contributed by atoms with E-state index in [1.54, 1.807) is 36.4 Å². The van der Waals surface area contributed by atoms with Gasteiger partial charge in [-0.2, -0.15) is 0 Å². The topological polar surface area (TPSA) is 61.8 Å². The number of unbranched alkanes of at least 4 members (excludes halogenated alkanes) is 11. The molecule has 5 heteroatoms. The van der Waals surface area contributed by atoms with E-state index in [1.807, 2.05) is 37.3 Å². The highest BCUT2D eigenvalue weighted by Gasteiger charge is 2.10. The van der Waals surface area contributed by atoms with Gasteiger partial charge in [0.25, 0.3) is 0 Å². The van der Waals surface area contributed by atoms with E-state index in [2.05, 4.69) is 13.8 Å². The van der Waals surface area contributed by atoms with Crippen molar-refractivity contribution < 1.29 is 23.8 Å². The minimum Gasteiger partial charge on any atom is -0.494 e. The second kappa shape index (κ2) is 20.4. The second-order valence-corrected chi connectivity index (χ2v) is 11.9. The summed E-state index contributed by atoms with van der Waals surface area (Å²) in [6.07, 6.45) is 20.0. The van der Waals surface area contributed by atoms with Crippen LogP contribution in [0.25, 0.3) is 16.8 Å². The Bertz CT molecular complexity index is 1290. The van der Waals surface area contributed by atoms with Gasteiger partial charge in [-0.3, -0.25) is 0 Å². The predicted molar refractivity (Wildman–Crippen MR) is 181 cm³/mol. The number of fused-ring (bicyclic) bond motifs is 1. The molecule has 0 N–H and O–H groups in total. The Morgan fingerprint density at radius 3 is 1.95 bits per heavy atom. The Morgan fingerprint density at radius 1 is 0.705 bits per heavy atom. The highest BCUT2D eigenvalue weighted by molar-refractivity contribution is 5.96. The molecule has 0 heterocycles. The van der Waals surface area contributed by atoms with Gasteiger partial charge in [-0.25, -0.2) is 9.59 Å². The Morgan fingerprint density at radius 2 is 1.30 bits per heavy atom. The van der Waals surface area contributed by atoms with Crippen molar-refractivity contribution in [1.82, 2.24) is 0 Å². The van der Waals surface area contributed by atoms with Crippen LogP contribution in [0.4, 0.5) is 0 Å². The lowest BCUT2D eigenvalue weighted by atomic mass is 10.1. The lowest BCUT2D eigenvalue weighted by Crippen LogP contribution is -2.09. The van der Waals surface area contributed by atoms with Crippen LogP contribution in [0.5, 0.6) is 11.5 Å². The average Bonchev–Trinajstić information content (AvgIpc) is 3.05. The van der Waals surface area contributed by atoms with E-state index in [0.717, 1.165) is 41.5 Å². The highest BCUT2D eigenvalue weighted by Crippen LogP contribution is 2.24. The maximum Gasteiger partial charge on any atom is 0.343 e. The number of carbonyl (C=O) groups excluding carboxylic acids is 2. The third kappa shape index (κ3) is 13.4. The summed E-state index contributed by atoms with van der Waals surface area (Å²) in [5.41, 5.74) is 1.29. The van der Waals surface area contributed by atoms with Gasteiger partial charge >= 0.3 is 11.9 Å². The van der Waals surface area contributed by atoms with E-state index in [-0.39, 0.29) is 5.97 Å². The number of hydrogen-bond acceptors (Lipinski definition) is 5. The number of benzene rings is 3. The molecule has 0 radical (unpaired) electrons. The molecule has 0 aliphatic heterocycles. The van der Waals surface area contributed by atoms with E-state index >= 15 is 0 Å². The first-order chi connectivity index (χ1) is 21.5. The monoisotopic (exact) mass is 600 g/mol. The van der Waals surface area contributed by atoms with Gasteiger partial charge in [0.1, 0.15) is 11.5 Å². The molecule has 0 aromatic heterocycles. The van der Waals surface area contributed by atoms with Crippen LogP contribution >= 0.6 is 0 Å². The van der Waals surface area contributed by atoms with Gasteiger partial charge in [-0.15, -0.1) is 0 Å². The normalized spacial score (nSPS) is 12.0. The minimum atomic E-state index is -0.420. The smallest absolute Gasteiger partial charge is 0.343 e. The van der Waals surface area contributed by atoms with E-state index in [1.165, 1.54) is 76.7 Å². The molecule has 238 valence electrons. The Balaban J connectivity index is 1.36. The van der Waals surface area contributed by atoms with E-state index in [4.69, 9.17) is 14.2 Å². The van der Waals surface area contributed by atoms with Crippen molar-refractivity contribution in [3.8, 4) is 11.5 Å². The van der Waals surface area contributed by atoms with Crippen molar-refractivity contribution in [2.75, 3.05) is 13.2 Å². The largest absolute Gasteiger partial charge is 0.494 e. The molecule has 0 unspecified atom stereocenters. The van der Waals surface area contributed by atoms with Gasteiger partial charge in [0, 0.05) is 6.08 Å². The zero-order chi connectivity index (χ0) is 31.4. The first-order valence-electron chi connectivity index (χ1n) is 16.8. The quantitative estimate of drug-likeness (QED) is 0.0527. The van der Waals surface area contributed by atoms with Crippen molar-refractivity contribution in [3.63, 3.8) is 0 Å². The van der Waals surface area contributed by atoms with Gasteiger partial charge in [0.15, 0.2) is 0 Å². The van der Waals surface area contributed by atoms with Crippen LogP contribution < -0.4 is 9.47 Å². The van der Waals surface area contributed by atoms with Crippen LogP contribution in [0.1, 0.15) is 120 Å². The van der Waals surface area contributed by atoms with Crippen molar-refractivity contribution >= 4 is 28.8 Å². The molecule has 0 amide bonds. The fraction of sp³-hybridized carbons (Fsp3) is 0.487. The Kier molecular flexibility index (Phi) is 16.2. The zero-order valence-electron chi connectivity index (χ0n) is 27.2. The molecule has 44 heavy (non-hydrogen) atoms. The van der Waals surface area contributed by atoms with E-state index in [9.17, 15) is 9.59 Å². The zero-order valence-corrected chi connectivity index (χ0v) is 27.2.